The number of amides is 2. The van der Waals surface area contributed by atoms with E-state index in [1.165, 1.54) is 0 Å². The van der Waals surface area contributed by atoms with Gasteiger partial charge in [0.05, 0.1) is 17.8 Å². The summed E-state index contributed by atoms with van der Waals surface area (Å²) in [5.74, 6) is 0.110. The average molecular weight is 332 g/mol. The first-order chi connectivity index (χ1) is 11.5. The summed E-state index contributed by atoms with van der Waals surface area (Å²) >= 11 is 0. The molecule has 2 rings (SSSR count). The third kappa shape index (κ3) is 5.62. The Bertz CT molecular complexity index is 566. The van der Waals surface area contributed by atoms with Gasteiger partial charge in [0, 0.05) is 25.7 Å². The fraction of sp³-hybridized carbons (Fsp3) is 0.556. The van der Waals surface area contributed by atoms with Crippen LogP contribution in [0.5, 0.6) is 0 Å². The number of piperidine rings is 1. The van der Waals surface area contributed by atoms with Gasteiger partial charge in [0.15, 0.2) is 0 Å². The van der Waals surface area contributed by atoms with E-state index in [0.717, 1.165) is 25.9 Å². The third-order valence-corrected chi connectivity index (χ3v) is 4.12. The first kappa shape index (κ1) is 18.4. The molecular formula is C18H28N4O2. The van der Waals surface area contributed by atoms with E-state index >= 15 is 0 Å². The molecule has 6 nitrogen and oxygen atoms in total. The van der Waals surface area contributed by atoms with Gasteiger partial charge in [0.2, 0.25) is 5.91 Å². The molecule has 0 spiro atoms. The highest BCUT2D eigenvalue weighted by Crippen LogP contribution is 2.15. The van der Waals surface area contributed by atoms with Crippen molar-refractivity contribution in [2.75, 3.05) is 31.5 Å². The first-order valence-corrected chi connectivity index (χ1v) is 8.60. The van der Waals surface area contributed by atoms with Gasteiger partial charge in [-0.2, -0.15) is 0 Å². The second kappa shape index (κ2) is 8.80. The molecular weight excluding hydrogens is 304 g/mol. The monoisotopic (exact) mass is 332 g/mol. The molecule has 1 aliphatic rings. The lowest BCUT2D eigenvalue weighted by Gasteiger charge is -2.29. The fourth-order valence-electron chi connectivity index (χ4n) is 2.69. The Hall–Kier alpha value is -1.92. The topological polar surface area (TPSA) is 87.5 Å². The van der Waals surface area contributed by atoms with Crippen molar-refractivity contribution in [1.82, 2.24) is 10.2 Å². The third-order valence-electron chi connectivity index (χ3n) is 4.12. The Labute approximate surface area is 143 Å². The van der Waals surface area contributed by atoms with Crippen molar-refractivity contribution in [3.05, 3.63) is 29.8 Å². The zero-order valence-electron chi connectivity index (χ0n) is 14.5. The molecule has 0 radical (unpaired) electrons. The molecule has 0 unspecified atom stereocenters. The quantitative estimate of drug-likeness (QED) is 0.735. The SMILES string of the molecule is CC(C)CNC(=O)c1ccccc1NC(=O)CN1CCC(N)CC1. The predicted octanol–water partition coefficient (Wildman–Crippen LogP) is 1.43. The molecule has 1 heterocycles. The Morgan fingerprint density at radius 2 is 1.92 bits per heavy atom. The molecule has 1 fully saturated rings. The molecule has 0 saturated carbocycles. The van der Waals surface area contributed by atoms with Crippen LogP contribution in [0.3, 0.4) is 0 Å². The number of hydrogen-bond acceptors (Lipinski definition) is 4. The summed E-state index contributed by atoms with van der Waals surface area (Å²) in [7, 11) is 0. The number of nitrogens with two attached hydrogens (primary N) is 1. The summed E-state index contributed by atoms with van der Waals surface area (Å²) in [5.41, 5.74) is 6.93. The number of carbonyl (C=O) groups is 2. The number of anilines is 1. The average Bonchev–Trinajstić information content (AvgIpc) is 2.55. The summed E-state index contributed by atoms with van der Waals surface area (Å²) in [5, 5.41) is 5.75. The Morgan fingerprint density at radius 1 is 1.25 bits per heavy atom. The van der Waals surface area contributed by atoms with Crippen LogP contribution < -0.4 is 16.4 Å². The van der Waals surface area contributed by atoms with Crippen molar-refractivity contribution in [2.45, 2.75) is 32.7 Å². The van der Waals surface area contributed by atoms with Crippen LogP contribution in [-0.2, 0) is 4.79 Å². The zero-order valence-corrected chi connectivity index (χ0v) is 14.5. The van der Waals surface area contributed by atoms with Crippen LogP contribution in [0.1, 0.15) is 37.0 Å². The van der Waals surface area contributed by atoms with Crippen molar-refractivity contribution in [2.24, 2.45) is 11.7 Å². The summed E-state index contributed by atoms with van der Waals surface area (Å²) in [6, 6.07) is 7.34. The molecule has 1 aliphatic heterocycles. The van der Waals surface area contributed by atoms with Crippen LogP contribution in [0.4, 0.5) is 5.69 Å². The summed E-state index contributed by atoms with van der Waals surface area (Å²) in [6.07, 6.45) is 1.84. The molecule has 24 heavy (non-hydrogen) atoms. The molecule has 132 valence electrons. The second-order valence-corrected chi connectivity index (χ2v) is 6.81. The molecule has 1 aromatic carbocycles. The first-order valence-electron chi connectivity index (χ1n) is 8.60. The van der Waals surface area contributed by atoms with Gasteiger partial charge in [-0.05, 0) is 30.9 Å². The summed E-state index contributed by atoms with van der Waals surface area (Å²) in [4.78, 5) is 26.7. The van der Waals surface area contributed by atoms with E-state index < -0.39 is 0 Å². The molecule has 4 N–H and O–H groups in total. The Morgan fingerprint density at radius 3 is 2.58 bits per heavy atom. The van der Waals surface area contributed by atoms with Gasteiger partial charge < -0.3 is 16.4 Å². The van der Waals surface area contributed by atoms with E-state index in [0.29, 0.717) is 30.3 Å². The lowest BCUT2D eigenvalue weighted by molar-refractivity contribution is -0.117. The highest BCUT2D eigenvalue weighted by atomic mass is 16.2. The Kier molecular flexibility index (Phi) is 6.75. The molecule has 1 aromatic rings. The zero-order chi connectivity index (χ0) is 17.5. The van der Waals surface area contributed by atoms with Crippen LogP contribution in [0, 0.1) is 5.92 Å². The van der Waals surface area contributed by atoms with Gasteiger partial charge in [-0.25, -0.2) is 0 Å². The van der Waals surface area contributed by atoms with Crippen LogP contribution in [-0.4, -0.2) is 48.9 Å². The molecule has 0 aliphatic carbocycles. The minimum absolute atomic E-state index is 0.102. The number of para-hydroxylation sites is 1. The number of rotatable bonds is 6. The fourth-order valence-corrected chi connectivity index (χ4v) is 2.69. The minimum atomic E-state index is -0.163. The maximum Gasteiger partial charge on any atom is 0.253 e. The molecule has 0 aromatic heterocycles. The summed E-state index contributed by atoms with van der Waals surface area (Å²) < 4.78 is 0. The lowest BCUT2D eigenvalue weighted by Crippen LogP contribution is -2.43. The van der Waals surface area contributed by atoms with E-state index in [1.54, 1.807) is 18.2 Å². The highest BCUT2D eigenvalue weighted by molar-refractivity contribution is 6.04. The molecule has 1 saturated heterocycles. The number of hydrogen-bond donors (Lipinski definition) is 3. The van der Waals surface area contributed by atoms with E-state index in [-0.39, 0.29) is 17.9 Å². The Balaban J connectivity index is 1.94. The van der Waals surface area contributed by atoms with Crippen molar-refractivity contribution in [1.29, 1.82) is 0 Å². The second-order valence-electron chi connectivity index (χ2n) is 6.81. The molecule has 0 atom stereocenters. The highest BCUT2D eigenvalue weighted by Gasteiger charge is 2.19. The normalized spacial score (nSPS) is 16.2. The van der Waals surface area contributed by atoms with Crippen LogP contribution in [0.15, 0.2) is 24.3 Å². The number of nitrogens with one attached hydrogen (secondary N) is 2. The number of nitrogens with zero attached hydrogens (tertiary/aromatic N) is 1. The van der Waals surface area contributed by atoms with Gasteiger partial charge in [0.1, 0.15) is 0 Å². The van der Waals surface area contributed by atoms with E-state index in [4.69, 9.17) is 5.73 Å². The minimum Gasteiger partial charge on any atom is -0.352 e. The predicted molar refractivity (Wildman–Crippen MR) is 95.9 cm³/mol. The van der Waals surface area contributed by atoms with Crippen molar-refractivity contribution in [3.63, 3.8) is 0 Å². The number of benzene rings is 1. The van der Waals surface area contributed by atoms with Crippen molar-refractivity contribution >= 4 is 17.5 Å². The van der Waals surface area contributed by atoms with Gasteiger partial charge in [-0.3, -0.25) is 14.5 Å². The van der Waals surface area contributed by atoms with E-state index in [2.05, 4.69) is 15.5 Å². The van der Waals surface area contributed by atoms with Gasteiger partial charge >= 0.3 is 0 Å². The largest absolute Gasteiger partial charge is 0.352 e. The molecule has 0 bridgehead atoms. The lowest BCUT2D eigenvalue weighted by atomic mass is 10.1. The molecule has 6 heteroatoms. The number of carbonyl (C=O) groups excluding carboxylic acids is 2. The molecule has 2 amide bonds. The van der Waals surface area contributed by atoms with Crippen LogP contribution in [0.25, 0.3) is 0 Å². The van der Waals surface area contributed by atoms with Gasteiger partial charge in [0.25, 0.3) is 5.91 Å². The number of likely N-dealkylation sites (tertiary alicyclic amines) is 1. The van der Waals surface area contributed by atoms with Crippen LogP contribution >= 0.6 is 0 Å². The van der Waals surface area contributed by atoms with Crippen LogP contribution in [0.2, 0.25) is 0 Å². The standard InChI is InChI=1S/C18H28N4O2/c1-13(2)11-20-18(24)15-5-3-4-6-16(15)21-17(23)12-22-9-7-14(19)8-10-22/h3-6,13-14H,7-12,19H2,1-2H3,(H,20,24)(H,21,23). The van der Waals surface area contributed by atoms with Crippen molar-refractivity contribution in [3.8, 4) is 0 Å². The summed E-state index contributed by atoms with van der Waals surface area (Å²) in [6.45, 7) is 6.69. The van der Waals surface area contributed by atoms with E-state index in [9.17, 15) is 9.59 Å². The maximum absolute atomic E-state index is 12.3. The van der Waals surface area contributed by atoms with Gasteiger partial charge in [-0.15, -0.1) is 0 Å². The maximum atomic E-state index is 12.3. The van der Waals surface area contributed by atoms with Crippen molar-refractivity contribution < 1.29 is 9.59 Å². The van der Waals surface area contributed by atoms with Gasteiger partial charge in [-0.1, -0.05) is 26.0 Å². The smallest absolute Gasteiger partial charge is 0.253 e. The van der Waals surface area contributed by atoms with E-state index in [1.807, 2.05) is 19.9 Å².